The zero-order valence-electron chi connectivity index (χ0n) is 12.1. The summed E-state index contributed by atoms with van der Waals surface area (Å²) in [5.74, 6) is 0.656. The molecule has 1 amide bonds. The van der Waals surface area contributed by atoms with E-state index in [4.69, 9.17) is 21.6 Å². The molecule has 0 saturated heterocycles. The number of nitrogens with zero attached hydrogens (tertiary/aromatic N) is 1. The third-order valence-electron chi connectivity index (χ3n) is 3.19. The van der Waals surface area contributed by atoms with Crippen LogP contribution in [-0.2, 0) is 11.2 Å². The fourth-order valence-corrected chi connectivity index (χ4v) is 2.29. The third kappa shape index (κ3) is 4.00. The minimum Gasteiger partial charge on any atom is -0.496 e. The number of nitriles is 1. The molecule has 2 aromatic carbocycles. The third-order valence-corrected chi connectivity index (χ3v) is 3.50. The maximum absolute atomic E-state index is 12.0. The van der Waals surface area contributed by atoms with Crippen LogP contribution in [0.5, 0.6) is 5.75 Å². The molecule has 1 N–H and O–H groups in total. The van der Waals surface area contributed by atoms with Gasteiger partial charge >= 0.3 is 0 Å². The number of para-hydroxylation sites is 1. The Bertz CT molecular complexity index is 723. The second-order valence-corrected chi connectivity index (χ2v) is 5.07. The van der Waals surface area contributed by atoms with Gasteiger partial charge in [-0.3, -0.25) is 4.79 Å². The molecule has 0 radical (unpaired) electrons. The molecule has 0 aromatic heterocycles. The summed E-state index contributed by atoms with van der Waals surface area (Å²) in [6.45, 7) is 0. The fraction of sp³-hybridized carbons (Fsp3) is 0.176. The van der Waals surface area contributed by atoms with Gasteiger partial charge in [0.05, 0.1) is 17.7 Å². The van der Waals surface area contributed by atoms with Crippen molar-refractivity contribution in [1.82, 2.24) is 0 Å². The second-order valence-electron chi connectivity index (χ2n) is 4.67. The molecule has 0 saturated carbocycles. The molecule has 0 aliphatic carbocycles. The first-order chi connectivity index (χ1) is 10.6. The van der Waals surface area contributed by atoms with Gasteiger partial charge in [0, 0.05) is 12.1 Å². The monoisotopic (exact) mass is 314 g/mol. The Morgan fingerprint density at radius 3 is 2.77 bits per heavy atom. The SMILES string of the molecule is COc1ccccc1CCC(=O)Nc1ccc(C#N)c(Cl)c1. The molecule has 2 rings (SSSR count). The van der Waals surface area contributed by atoms with Gasteiger partial charge in [0.1, 0.15) is 11.8 Å². The molecule has 0 unspecified atom stereocenters. The standard InChI is InChI=1S/C17H15ClN2O2/c1-22-16-5-3-2-4-12(16)7-9-17(21)20-14-8-6-13(11-19)15(18)10-14/h2-6,8,10H,7,9H2,1H3,(H,20,21). The van der Waals surface area contributed by atoms with Crippen LogP contribution in [0.15, 0.2) is 42.5 Å². The molecule has 0 aliphatic heterocycles. The normalized spacial score (nSPS) is 9.86. The van der Waals surface area contributed by atoms with Crippen LogP contribution in [-0.4, -0.2) is 13.0 Å². The summed E-state index contributed by atoms with van der Waals surface area (Å²) in [7, 11) is 1.61. The number of rotatable bonds is 5. The summed E-state index contributed by atoms with van der Waals surface area (Å²) in [5, 5.41) is 11.9. The lowest BCUT2D eigenvalue weighted by atomic mass is 10.1. The number of ether oxygens (including phenoxy) is 1. The maximum atomic E-state index is 12.0. The molecule has 0 spiro atoms. The van der Waals surface area contributed by atoms with Gasteiger partial charge in [-0.2, -0.15) is 5.26 Å². The zero-order valence-corrected chi connectivity index (χ0v) is 12.9. The summed E-state index contributed by atoms with van der Waals surface area (Å²) in [6, 6.07) is 14.4. The highest BCUT2D eigenvalue weighted by Crippen LogP contribution is 2.21. The van der Waals surface area contributed by atoms with Gasteiger partial charge in [0.15, 0.2) is 0 Å². The lowest BCUT2D eigenvalue weighted by Crippen LogP contribution is -2.12. The predicted octanol–water partition coefficient (Wildman–Crippen LogP) is 3.79. The number of aryl methyl sites for hydroxylation is 1. The van der Waals surface area contributed by atoms with Crippen molar-refractivity contribution in [3.8, 4) is 11.8 Å². The fourth-order valence-electron chi connectivity index (χ4n) is 2.06. The van der Waals surface area contributed by atoms with E-state index in [0.29, 0.717) is 29.1 Å². The van der Waals surface area contributed by atoms with E-state index in [9.17, 15) is 4.79 Å². The first-order valence-corrected chi connectivity index (χ1v) is 7.13. The Morgan fingerprint density at radius 1 is 1.32 bits per heavy atom. The average molecular weight is 315 g/mol. The van der Waals surface area contributed by atoms with Crippen LogP contribution in [0.1, 0.15) is 17.5 Å². The Morgan fingerprint density at radius 2 is 2.09 bits per heavy atom. The predicted molar refractivity (Wildman–Crippen MR) is 86.1 cm³/mol. The van der Waals surface area contributed by atoms with Crippen molar-refractivity contribution in [2.75, 3.05) is 12.4 Å². The highest BCUT2D eigenvalue weighted by molar-refractivity contribution is 6.32. The second kappa shape index (κ2) is 7.48. The topological polar surface area (TPSA) is 62.1 Å². The molecule has 0 aliphatic rings. The number of carbonyl (C=O) groups is 1. The zero-order chi connectivity index (χ0) is 15.9. The van der Waals surface area contributed by atoms with E-state index in [-0.39, 0.29) is 5.91 Å². The van der Waals surface area contributed by atoms with Crippen LogP contribution >= 0.6 is 11.6 Å². The van der Waals surface area contributed by atoms with Gasteiger partial charge in [0.25, 0.3) is 0 Å². The van der Waals surface area contributed by atoms with Crippen LogP contribution in [0, 0.1) is 11.3 Å². The summed E-state index contributed by atoms with van der Waals surface area (Å²) >= 11 is 5.94. The molecule has 4 nitrogen and oxygen atoms in total. The first-order valence-electron chi connectivity index (χ1n) is 6.75. The van der Waals surface area contributed by atoms with Crippen molar-refractivity contribution in [3.05, 3.63) is 58.6 Å². The van der Waals surface area contributed by atoms with Gasteiger partial charge in [-0.05, 0) is 36.2 Å². The van der Waals surface area contributed by atoms with E-state index >= 15 is 0 Å². The van der Waals surface area contributed by atoms with Crippen LogP contribution < -0.4 is 10.1 Å². The number of hydrogen-bond donors (Lipinski definition) is 1. The van der Waals surface area contributed by atoms with E-state index in [2.05, 4.69) is 5.32 Å². The number of carbonyl (C=O) groups excluding carboxylic acids is 1. The van der Waals surface area contributed by atoms with E-state index in [1.807, 2.05) is 30.3 Å². The molecular formula is C17H15ClN2O2. The Hall–Kier alpha value is -2.51. The minimum atomic E-state index is -0.119. The Balaban J connectivity index is 1.96. The highest BCUT2D eigenvalue weighted by atomic mass is 35.5. The van der Waals surface area contributed by atoms with E-state index in [1.165, 1.54) is 0 Å². The molecule has 22 heavy (non-hydrogen) atoms. The lowest BCUT2D eigenvalue weighted by Gasteiger charge is -2.09. The smallest absolute Gasteiger partial charge is 0.224 e. The van der Waals surface area contributed by atoms with Crippen molar-refractivity contribution in [2.24, 2.45) is 0 Å². The molecule has 0 atom stereocenters. The largest absolute Gasteiger partial charge is 0.496 e. The molecule has 2 aromatic rings. The molecule has 0 heterocycles. The number of halogens is 1. The summed E-state index contributed by atoms with van der Waals surface area (Å²) < 4.78 is 5.26. The highest BCUT2D eigenvalue weighted by Gasteiger charge is 2.08. The number of methoxy groups -OCH3 is 1. The molecular weight excluding hydrogens is 300 g/mol. The van der Waals surface area contributed by atoms with E-state index in [0.717, 1.165) is 11.3 Å². The quantitative estimate of drug-likeness (QED) is 0.913. The molecule has 5 heteroatoms. The number of nitrogens with one attached hydrogen (secondary N) is 1. The number of hydrogen-bond acceptors (Lipinski definition) is 3. The van der Waals surface area contributed by atoms with Crippen LogP contribution in [0.4, 0.5) is 5.69 Å². The molecule has 0 bridgehead atoms. The summed E-state index contributed by atoms with van der Waals surface area (Å²) in [4.78, 5) is 12.0. The molecule has 112 valence electrons. The van der Waals surface area contributed by atoms with E-state index in [1.54, 1.807) is 25.3 Å². The van der Waals surface area contributed by atoms with Crippen molar-refractivity contribution in [3.63, 3.8) is 0 Å². The van der Waals surface area contributed by atoms with Crippen LogP contribution in [0.25, 0.3) is 0 Å². The van der Waals surface area contributed by atoms with Gasteiger partial charge in [0.2, 0.25) is 5.91 Å². The van der Waals surface area contributed by atoms with Crippen LogP contribution in [0.2, 0.25) is 5.02 Å². The van der Waals surface area contributed by atoms with Crippen molar-refractivity contribution < 1.29 is 9.53 Å². The summed E-state index contributed by atoms with van der Waals surface area (Å²) in [5.41, 5.74) is 1.95. The van der Waals surface area contributed by atoms with E-state index < -0.39 is 0 Å². The number of anilines is 1. The Kier molecular flexibility index (Phi) is 5.40. The van der Waals surface area contributed by atoms with Gasteiger partial charge in [-0.25, -0.2) is 0 Å². The number of amides is 1. The average Bonchev–Trinajstić information content (AvgIpc) is 2.53. The maximum Gasteiger partial charge on any atom is 0.224 e. The van der Waals surface area contributed by atoms with Gasteiger partial charge in [-0.1, -0.05) is 29.8 Å². The first kappa shape index (κ1) is 15.9. The van der Waals surface area contributed by atoms with Gasteiger partial charge < -0.3 is 10.1 Å². The van der Waals surface area contributed by atoms with Gasteiger partial charge in [-0.15, -0.1) is 0 Å². The van der Waals surface area contributed by atoms with Crippen molar-refractivity contribution in [1.29, 1.82) is 5.26 Å². The lowest BCUT2D eigenvalue weighted by molar-refractivity contribution is -0.116. The van der Waals surface area contributed by atoms with Crippen molar-refractivity contribution >= 4 is 23.2 Å². The molecule has 0 fully saturated rings. The van der Waals surface area contributed by atoms with Crippen LogP contribution in [0.3, 0.4) is 0 Å². The minimum absolute atomic E-state index is 0.119. The summed E-state index contributed by atoms with van der Waals surface area (Å²) in [6.07, 6.45) is 0.915. The number of benzene rings is 2. The Labute approximate surface area is 134 Å². The van der Waals surface area contributed by atoms with Crippen molar-refractivity contribution in [2.45, 2.75) is 12.8 Å².